The molecule has 0 fully saturated rings. The second kappa shape index (κ2) is 19.5. The molecule has 3 heteroatoms. The molecule has 0 aromatic heterocycles. The lowest BCUT2D eigenvalue weighted by molar-refractivity contribution is 0.138. The molecule has 0 aromatic rings. The largest absolute Gasteiger partial charge is 0.380 e. The van der Waals surface area contributed by atoms with Crippen molar-refractivity contribution in [1.82, 2.24) is 10.6 Å². The highest BCUT2D eigenvalue weighted by Gasteiger charge is 1.80. The molecule has 2 N–H and O–H groups in total. The Morgan fingerprint density at radius 3 is 1.80 bits per heavy atom. The summed E-state index contributed by atoms with van der Waals surface area (Å²) in [4.78, 5) is 0. The first kappa shape index (κ1) is 17.3. The van der Waals surface area contributed by atoms with Crippen LogP contribution < -0.4 is 10.6 Å². The second-order valence-corrected chi connectivity index (χ2v) is 3.47. The van der Waals surface area contributed by atoms with Crippen LogP contribution in [0.1, 0.15) is 40.0 Å². The van der Waals surface area contributed by atoms with E-state index in [-0.39, 0.29) is 0 Å². The van der Waals surface area contributed by atoms with Gasteiger partial charge in [0, 0.05) is 13.2 Å². The van der Waals surface area contributed by atoms with E-state index in [2.05, 4.69) is 31.4 Å². The summed E-state index contributed by atoms with van der Waals surface area (Å²) in [5, 5.41) is 6.29. The average molecular weight is 218 g/mol. The Labute approximate surface area is 96.0 Å². The van der Waals surface area contributed by atoms with Crippen molar-refractivity contribution in [3.8, 4) is 0 Å². The van der Waals surface area contributed by atoms with E-state index in [0.29, 0.717) is 0 Å². The fraction of sp³-hybridized carbons (Fsp3) is 1.00. The van der Waals surface area contributed by atoms with Crippen molar-refractivity contribution in [2.45, 2.75) is 40.0 Å². The molecule has 0 saturated carbocycles. The third-order valence-electron chi connectivity index (χ3n) is 1.70. The molecule has 0 aliphatic carbocycles. The SMILES string of the molecule is CCCNCCC.CCCOCCNC. The molecule has 0 unspecified atom stereocenters. The van der Waals surface area contributed by atoms with Gasteiger partial charge in [0.1, 0.15) is 0 Å². The van der Waals surface area contributed by atoms with Crippen LogP contribution in [0.5, 0.6) is 0 Å². The molecule has 94 valence electrons. The molecule has 0 rings (SSSR count). The summed E-state index contributed by atoms with van der Waals surface area (Å²) >= 11 is 0. The predicted molar refractivity (Wildman–Crippen MR) is 68.5 cm³/mol. The first-order valence-corrected chi connectivity index (χ1v) is 6.26. The van der Waals surface area contributed by atoms with Gasteiger partial charge in [-0.05, 0) is 39.4 Å². The monoisotopic (exact) mass is 218 g/mol. The third-order valence-corrected chi connectivity index (χ3v) is 1.70. The summed E-state index contributed by atoms with van der Waals surface area (Å²) in [5.41, 5.74) is 0. The van der Waals surface area contributed by atoms with E-state index in [0.717, 1.165) is 26.2 Å². The molecule has 0 atom stereocenters. The lowest BCUT2D eigenvalue weighted by Gasteiger charge is -1.98. The quantitative estimate of drug-likeness (QED) is 0.581. The van der Waals surface area contributed by atoms with Gasteiger partial charge >= 0.3 is 0 Å². The van der Waals surface area contributed by atoms with Crippen LogP contribution in [0.2, 0.25) is 0 Å². The molecule has 0 aromatic carbocycles. The highest BCUT2D eigenvalue weighted by molar-refractivity contribution is 4.40. The second-order valence-electron chi connectivity index (χ2n) is 3.47. The summed E-state index contributed by atoms with van der Waals surface area (Å²) in [7, 11) is 1.93. The van der Waals surface area contributed by atoms with Crippen molar-refractivity contribution in [1.29, 1.82) is 0 Å². The maximum atomic E-state index is 5.16. The van der Waals surface area contributed by atoms with Crippen molar-refractivity contribution in [3.05, 3.63) is 0 Å². The highest BCUT2D eigenvalue weighted by Crippen LogP contribution is 1.76. The van der Waals surface area contributed by atoms with Crippen LogP contribution in [-0.4, -0.2) is 39.9 Å². The number of hydrogen-bond donors (Lipinski definition) is 2. The van der Waals surface area contributed by atoms with E-state index in [1.165, 1.54) is 25.9 Å². The maximum absolute atomic E-state index is 5.16. The first-order chi connectivity index (χ1) is 7.33. The van der Waals surface area contributed by atoms with Gasteiger partial charge < -0.3 is 15.4 Å². The summed E-state index contributed by atoms with van der Waals surface area (Å²) < 4.78 is 5.16. The Balaban J connectivity index is 0. The van der Waals surface area contributed by atoms with E-state index in [1.54, 1.807) is 0 Å². The van der Waals surface area contributed by atoms with Crippen LogP contribution in [0.4, 0.5) is 0 Å². The number of rotatable bonds is 9. The van der Waals surface area contributed by atoms with Crippen molar-refractivity contribution in [2.24, 2.45) is 0 Å². The Morgan fingerprint density at radius 1 is 0.800 bits per heavy atom. The van der Waals surface area contributed by atoms with Crippen molar-refractivity contribution in [2.75, 3.05) is 39.9 Å². The van der Waals surface area contributed by atoms with Crippen LogP contribution in [-0.2, 0) is 4.74 Å². The smallest absolute Gasteiger partial charge is 0.0590 e. The van der Waals surface area contributed by atoms with Gasteiger partial charge in [-0.1, -0.05) is 20.8 Å². The van der Waals surface area contributed by atoms with E-state index in [4.69, 9.17) is 4.74 Å². The van der Waals surface area contributed by atoms with Crippen LogP contribution in [0.3, 0.4) is 0 Å². The molecule has 0 aliphatic rings. The number of ether oxygens (including phenoxy) is 1. The number of likely N-dealkylation sites (N-methyl/N-ethyl adjacent to an activating group) is 1. The van der Waals surface area contributed by atoms with Gasteiger partial charge in [0.15, 0.2) is 0 Å². The van der Waals surface area contributed by atoms with Crippen LogP contribution in [0, 0.1) is 0 Å². The summed E-state index contributed by atoms with van der Waals surface area (Å²) in [6.07, 6.45) is 3.61. The fourth-order valence-electron chi connectivity index (χ4n) is 0.899. The van der Waals surface area contributed by atoms with Gasteiger partial charge in [-0.2, -0.15) is 0 Å². The van der Waals surface area contributed by atoms with Gasteiger partial charge in [0.25, 0.3) is 0 Å². The molecular weight excluding hydrogens is 188 g/mol. The molecule has 0 radical (unpaired) electrons. The Bertz CT molecular complexity index is 79.7. The topological polar surface area (TPSA) is 33.3 Å². The van der Waals surface area contributed by atoms with Gasteiger partial charge in [0.05, 0.1) is 6.61 Å². The van der Waals surface area contributed by atoms with Crippen LogP contribution >= 0.6 is 0 Å². The Hall–Kier alpha value is -0.120. The molecule has 0 aliphatic heterocycles. The van der Waals surface area contributed by atoms with Crippen molar-refractivity contribution >= 4 is 0 Å². The number of nitrogens with one attached hydrogen (secondary N) is 2. The lowest BCUT2D eigenvalue weighted by atomic mass is 10.4. The molecule has 15 heavy (non-hydrogen) atoms. The third kappa shape index (κ3) is 24.8. The number of hydrogen-bond acceptors (Lipinski definition) is 3. The minimum Gasteiger partial charge on any atom is -0.380 e. The van der Waals surface area contributed by atoms with Crippen molar-refractivity contribution in [3.63, 3.8) is 0 Å². The standard InChI is InChI=1S/C6H15NO.C6H15N/c1-3-5-8-6-4-7-2;1-3-5-7-6-4-2/h7H,3-6H2,1-2H3;7H,3-6H2,1-2H3. The Kier molecular flexibility index (Phi) is 22.4. The summed E-state index contributed by atoms with van der Waals surface area (Å²) in [6, 6.07) is 0. The van der Waals surface area contributed by atoms with Gasteiger partial charge in [-0.3, -0.25) is 0 Å². The zero-order chi connectivity index (χ0) is 11.8. The molecule has 0 saturated heterocycles. The first-order valence-electron chi connectivity index (χ1n) is 6.26. The molecule has 0 spiro atoms. The molecule has 3 nitrogen and oxygen atoms in total. The Morgan fingerprint density at radius 2 is 1.40 bits per heavy atom. The minimum absolute atomic E-state index is 0.838. The zero-order valence-electron chi connectivity index (χ0n) is 11.1. The molecule has 0 heterocycles. The molecular formula is C12H30N2O. The fourth-order valence-corrected chi connectivity index (χ4v) is 0.899. The van der Waals surface area contributed by atoms with E-state index >= 15 is 0 Å². The molecule has 0 amide bonds. The van der Waals surface area contributed by atoms with E-state index in [1.807, 2.05) is 7.05 Å². The maximum Gasteiger partial charge on any atom is 0.0590 e. The summed E-state index contributed by atoms with van der Waals surface area (Å²) in [6.45, 7) is 11.5. The zero-order valence-corrected chi connectivity index (χ0v) is 11.1. The van der Waals surface area contributed by atoms with E-state index in [9.17, 15) is 0 Å². The van der Waals surface area contributed by atoms with Gasteiger partial charge in [-0.25, -0.2) is 0 Å². The average Bonchev–Trinajstić information content (AvgIpc) is 2.26. The van der Waals surface area contributed by atoms with Crippen LogP contribution in [0.15, 0.2) is 0 Å². The predicted octanol–water partition coefficient (Wildman–Crippen LogP) is 2.03. The highest BCUT2D eigenvalue weighted by atomic mass is 16.5. The molecule has 0 bridgehead atoms. The van der Waals surface area contributed by atoms with Gasteiger partial charge in [-0.15, -0.1) is 0 Å². The van der Waals surface area contributed by atoms with Crippen LogP contribution in [0.25, 0.3) is 0 Å². The summed E-state index contributed by atoms with van der Waals surface area (Å²) in [5.74, 6) is 0. The van der Waals surface area contributed by atoms with Crippen molar-refractivity contribution < 1.29 is 4.74 Å². The van der Waals surface area contributed by atoms with Gasteiger partial charge in [0.2, 0.25) is 0 Å². The normalized spacial score (nSPS) is 9.60. The lowest BCUT2D eigenvalue weighted by Crippen LogP contribution is -2.14. The van der Waals surface area contributed by atoms with E-state index < -0.39 is 0 Å². The minimum atomic E-state index is 0.838.